The number of hydrogen-bond donors (Lipinski definition) is 2. The molecule has 0 aliphatic carbocycles. The van der Waals surface area contributed by atoms with Crippen molar-refractivity contribution in [3.8, 4) is 0 Å². The molecule has 0 saturated carbocycles. The predicted octanol–water partition coefficient (Wildman–Crippen LogP) is 2.68. The van der Waals surface area contributed by atoms with Crippen LogP contribution in [-0.2, 0) is 6.42 Å². The molecule has 0 bridgehead atoms. The minimum absolute atomic E-state index is 0.728. The van der Waals surface area contributed by atoms with Gasteiger partial charge in [-0.1, -0.05) is 25.1 Å². The van der Waals surface area contributed by atoms with Crippen LogP contribution in [-0.4, -0.2) is 31.4 Å². The second-order valence-corrected chi connectivity index (χ2v) is 6.20. The highest BCUT2D eigenvalue weighted by Crippen LogP contribution is 2.36. The highest BCUT2D eigenvalue weighted by molar-refractivity contribution is 8.00. The van der Waals surface area contributed by atoms with Crippen molar-refractivity contribution in [1.82, 2.24) is 10.6 Å². The largest absolute Gasteiger partial charge is 0.317 e. The number of nitrogens with one attached hydrogen (secondary N) is 2. The van der Waals surface area contributed by atoms with Crippen LogP contribution in [0, 0.1) is 0 Å². The molecule has 1 aromatic rings. The summed E-state index contributed by atoms with van der Waals surface area (Å²) in [6, 6.07) is 8.79. The third kappa shape index (κ3) is 4.30. The van der Waals surface area contributed by atoms with Gasteiger partial charge in [-0.15, -0.1) is 11.8 Å². The molecule has 0 saturated heterocycles. The predicted molar refractivity (Wildman–Crippen MR) is 80.4 cm³/mol. The molecule has 3 heteroatoms. The van der Waals surface area contributed by atoms with Crippen molar-refractivity contribution in [1.29, 1.82) is 0 Å². The molecule has 1 aromatic carbocycles. The lowest BCUT2D eigenvalue weighted by Crippen LogP contribution is -2.27. The fourth-order valence-electron chi connectivity index (χ4n) is 2.27. The summed E-state index contributed by atoms with van der Waals surface area (Å²) in [7, 11) is 0. The molecule has 1 heterocycles. The quantitative estimate of drug-likeness (QED) is 0.706. The Labute approximate surface area is 115 Å². The van der Waals surface area contributed by atoms with Gasteiger partial charge >= 0.3 is 0 Å². The Morgan fingerprint density at radius 3 is 2.83 bits per heavy atom. The molecule has 1 aliphatic rings. The number of benzene rings is 1. The van der Waals surface area contributed by atoms with Crippen molar-refractivity contribution in [2.45, 2.75) is 36.3 Å². The van der Waals surface area contributed by atoms with Crippen molar-refractivity contribution in [3.05, 3.63) is 29.8 Å². The van der Waals surface area contributed by atoms with Gasteiger partial charge in [-0.3, -0.25) is 0 Å². The molecule has 2 nitrogen and oxygen atoms in total. The summed E-state index contributed by atoms with van der Waals surface area (Å²) in [5.41, 5.74) is 1.53. The second kappa shape index (κ2) is 7.82. The van der Waals surface area contributed by atoms with Gasteiger partial charge in [-0.2, -0.15) is 0 Å². The van der Waals surface area contributed by atoms with Crippen LogP contribution in [0.25, 0.3) is 0 Å². The number of fused-ring (bicyclic) bond motifs is 1. The topological polar surface area (TPSA) is 24.1 Å². The summed E-state index contributed by atoms with van der Waals surface area (Å²) in [5.74, 6) is 0. The van der Waals surface area contributed by atoms with Gasteiger partial charge in [-0.25, -0.2) is 0 Å². The first-order valence-corrected chi connectivity index (χ1v) is 7.94. The summed E-state index contributed by atoms with van der Waals surface area (Å²) >= 11 is 2.03. The third-order valence-electron chi connectivity index (χ3n) is 3.22. The summed E-state index contributed by atoms with van der Waals surface area (Å²) in [5, 5.41) is 7.74. The molecule has 0 aromatic heterocycles. The van der Waals surface area contributed by atoms with Gasteiger partial charge in [0.1, 0.15) is 0 Å². The SMILES string of the molecule is CCCNCCCNCC1Cc2ccccc2S1. The van der Waals surface area contributed by atoms with Crippen molar-refractivity contribution >= 4 is 11.8 Å². The van der Waals surface area contributed by atoms with Crippen molar-refractivity contribution in [2.75, 3.05) is 26.2 Å². The number of rotatable bonds is 8. The highest BCUT2D eigenvalue weighted by Gasteiger charge is 2.20. The molecule has 0 spiro atoms. The van der Waals surface area contributed by atoms with Crippen LogP contribution in [0.4, 0.5) is 0 Å². The lowest BCUT2D eigenvalue weighted by atomic mass is 10.1. The van der Waals surface area contributed by atoms with Gasteiger partial charge in [0.25, 0.3) is 0 Å². The number of hydrogen-bond acceptors (Lipinski definition) is 3. The van der Waals surface area contributed by atoms with Gasteiger partial charge in [0.2, 0.25) is 0 Å². The van der Waals surface area contributed by atoms with Crippen LogP contribution in [0.5, 0.6) is 0 Å². The van der Waals surface area contributed by atoms with E-state index in [9.17, 15) is 0 Å². The summed E-state index contributed by atoms with van der Waals surface area (Å²) in [6.45, 7) is 6.75. The molecule has 0 fully saturated rings. The van der Waals surface area contributed by atoms with Gasteiger partial charge in [0.15, 0.2) is 0 Å². The zero-order chi connectivity index (χ0) is 12.6. The first-order chi connectivity index (χ1) is 8.90. The Bertz CT molecular complexity index is 329. The van der Waals surface area contributed by atoms with Crippen molar-refractivity contribution in [2.24, 2.45) is 0 Å². The first-order valence-electron chi connectivity index (χ1n) is 7.06. The van der Waals surface area contributed by atoms with E-state index in [-0.39, 0.29) is 0 Å². The van der Waals surface area contributed by atoms with Gasteiger partial charge in [0.05, 0.1) is 0 Å². The summed E-state index contributed by atoms with van der Waals surface area (Å²) in [6.07, 6.45) is 3.68. The van der Waals surface area contributed by atoms with E-state index in [1.165, 1.54) is 29.7 Å². The Hall–Kier alpha value is -0.510. The fraction of sp³-hybridized carbons (Fsp3) is 0.600. The molecule has 1 unspecified atom stereocenters. The van der Waals surface area contributed by atoms with Gasteiger partial charge in [-0.05, 0) is 50.5 Å². The molecule has 0 amide bonds. The Morgan fingerprint density at radius 2 is 2.00 bits per heavy atom. The van der Waals surface area contributed by atoms with Crippen LogP contribution >= 0.6 is 11.8 Å². The lowest BCUT2D eigenvalue weighted by Gasteiger charge is -2.10. The van der Waals surface area contributed by atoms with Gasteiger partial charge in [0, 0.05) is 16.7 Å². The van der Waals surface area contributed by atoms with Crippen LogP contribution in [0.3, 0.4) is 0 Å². The smallest absolute Gasteiger partial charge is 0.0260 e. The summed E-state index contributed by atoms with van der Waals surface area (Å²) < 4.78 is 0. The molecule has 100 valence electrons. The second-order valence-electron chi connectivity index (χ2n) is 4.86. The molecule has 2 N–H and O–H groups in total. The van der Waals surface area contributed by atoms with Crippen LogP contribution in [0.15, 0.2) is 29.2 Å². The monoisotopic (exact) mass is 264 g/mol. The zero-order valence-electron chi connectivity index (χ0n) is 11.2. The van der Waals surface area contributed by atoms with E-state index in [1.807, 2.05) is 11.8 Å². The van der Waals surface area contributed by atoms with Gasteiger partial charge < -0.3 is 10.6 Å². The van der Waals surface area contributed by atoms with E-state index in [2.05, 4.69) is 41.8 Å². The minimum Gasteiger partial charge on any atom is -0.317 e. The molecule has 2 rings (SSSR count). The molecule has 1 atom stereocenters. The summed E-state index contributed by atoms with van der Waals surface area (Å²) in [4.78, 5) is 1.48. The Kier molecular flexibility index (Phi) is 6.05. The normalized spacial score (nSPS) is 17.9. The maximum Gasteiger partial charge on any atom is 0.0260 e. The van der Waals surface area contributed by atoms with E-state index >= 15 is 0 Å². The van der Waals surface area contributed by atoms with Crippen molar-refractivity contribution in [3.63, 3.8) is 0 Å². The van der Waals surface area contributed by atoms with Crippen LogP contribution < -0.4 is 10.6 Å². The first kappa shape index (κ1) is 13.9. The minimum atomic E-state index is 0.728. The molecule has 1 aliphatic heterocycles. The average molecular weight is 264 g/mol. The maximum absolute atomic E-state index is 3.58. The van der Waals surface area contributed by atoms with Crippen LogP contribution in [0.2, 0.25) is 0 Å². The van der Waals surface area contributed by atoms with E-state index in [4.69, 9.17) is 0 Å². The fourth-order valence-corrected chi connectivity index (χ4v) is 3.55. The van der Waals surface area contributed by atoms with E-state index < -0.39 is 0 Å². The highest BCUT2D eigenvalue weighted by atomic mass is 32.2. The molecular formula is C15H24N2S. The van der Waals surface area contributed by atoms with Crippen LogP contribution in [0.1, 0.15) is 25.3 Å². The third-order valence-corrected chi connectivity index (χ3v) is 4.54. The van der Waals surface area contributed by atoms with E-state index in [1.54, 1.807) is 0 Å². The molecule has 18 heavy (non-hydrogen) atoms. The maximum atomic E-state index is 3.58. The lowest BCUT2D eigenvalue weighted by molar-refractivity contribution is 0.587. The molecule has 0 radical (unpaired) electrons. The average Bonchev–Trinajstić information content (AvgIpc) is 2.80. The van der Waals surface area contributed by atoms with E-state index in [0.29, 0.717) is 0 Å². The zero-order valence-corrected chi connectivity index (χ0v) is 12.1. The molecular weight excluding hydrogens is 240 g/mol. The Balaban J connectivity index is 1.54. The van der Waals surface area contributed by atoms with Crippen molar-refractivity contribution < 1.29 is 0 Å². The Morgan fingerprint density at radius 1 is 1.17 bits per heavy atom. The number of thioether (sulfide) groups is 1. The van der Waals surface area contributed by atoms with E-state index in [0.717, 1.165) is 31.4 Å². The standard InChI is InChI=1S/C15H24N2S/c1-2-8-16-9-5-10-17-12-14-11-13-6-3-4-7-15(13)18-14/h3-4,6-7,14,16-17H,2,5,8-12H2,1H3.